The number of carbonyl (C=O) groups excluding carboxylic acids is 4. The molecule has 1 aromatic heterocycles. The molecule has 3 N–H and O–H groups in total. The SMILES string of the molecule is CN1CC(=O)N2C[C@@H](NC(=O)O)C[C@H]2COc2cccc3ccc(nc23)C(=O)N(C)[C@H](C(=O)NCc2cccc3ccccc23)CCC1=O. The minimum absolute atomic E-state index is 0.000137. The van der Waals surface area contributed by atoms with Gasteiger partial charge < -0.3 is 35.2 Å². The molecule has 0 saturated carbocycles. The number of amides is 5. The van der Waals surface area contributed by atoms with Gasteiger partial charge in [-0.25, -0.2) is 9.78 Å². The largest absolute Gasteiger partial charge is 0.489 e. The predicted octanol–water partition coefficient (Wildman–Crippen LogP) is 3.01. The van der Waals surface area contributed by atoms with E-state index in [2.05, 4.69) is 15.6 Å². The number of ether oxygens (including phenoxy) is 1. The Bertz CT molecular complexity index is 1930. The standard InChI is InChI=1S/C36H38N6O7/c1-40-20-32(44)42-19-25(38-36(47)48)17-26(42)21-49-30-12-6-9-23-13-14-28(39-33(23)30)35(46)41(2)29(15-16-31(40)43)34(45)37-18-24-10-5-8-22-7-3-4-11-27(22)24/h3-14,25-26,29,38H,15-21H2,1-2H3,(H,37,45)(H,47,48)/t25-,26-,29-/m0/s1. The van der Waals surface area contributed by atoms with Gasteiger partial charge in [-0.3, -0.25) is 19.2 Å². The molecule has 254 valence electrons. The van der Waals surface area contributed by atoms with Crippen molar-refractivity contribution in [3.8, 4) is 5.75 Å². The van der Waals surface area contributed by atoms with Crippen LogP contribution in [0.5, 0.6) is 5.75 Å². The number of pyridine rings is 1. The lowest BCUT2D eigenvalue weighted by atomic mass is 10.0. The number of hydrogen-bond donors (Lipinski definition) is 3. The van der Waals surface area contributed by atoms with Crippen LogP contribution in [0, 0.1) is 0 Å². The number of para-hydroxylation sites is 1. The normalized spacial score (nSPS) is 20.7. The topological polar surface area (TPSA) is 161 Å². The maximum atomic E-state index is 13.9. The van der Waals surface area contributed by atoms with Gasteiger partial charge in [-0.15, -0.1) is 0 Å². The molecule has 2 aliphatic rings. The van der Waals surface area contributed by atoms with E-state index in [0.717, 1.165) is 21.7 Å². The summed E-state index contributed by atoms with van der Waals surface area (Å²) in [5.41, 5.74) is 1.42. The quantitative estimate of drug-likeness (QED) is 0.300. The van der Waals surface area contributed by atoms with E-state index in [1.165, 1.54) is 28.8 Å². The van der Waals surface area contributed by atoms with E-state index in [-0.39, 0.29) is 56.6 Å². The molecule has 3 atom stereocenters. The zero-order chi connectivity index (χ0) is 34.7. The van der Waals surface area contributed by atoms with Crippen LogP contribution < -0.4 is 15.4 Å². The zero-order valence-electron chi connectivity index (χ0n) is 27.3. The summed E-state index contributed by atoms with van der Waals surface area (Å²) in [4.78, 5) is 74.7. The molecule has 1 fully saturated rings. The molecule has 49 heavy (non-hydrogen) atoms. The summed E-state index contributed by atoms with van der Waals surface area (Å²) in [6.45, 7) is 0.126. The van der Waals surface area contributed by atoms with Crippen molar-refractivity contribution in [1.82, 2.24) is 30.3 Å². The second kappa shape index (κ2) is 14.2. The highest BCUT2D eigenvalue weighted by Gasteiger charge is 2.37. The number of carboxylic acid groups (broad SMARTS) is 1. The molecule has 0 aliphatic carbocycles. The molecular weight excluding hydrogens is 628 g/mol. The number of hydrogen-bond acceptors (Lipinski definition) is 7. The molecule has 3 heterocycles. The first kappa shape index (κ1) is 33.2. The van der Waals surface area contributed by atoms with Crippen molar-refractivity contribution in [2.45, 2.75) is 43.9 Å². The summed E-state index contributed by atoms with van der Waals surface area (Å²) >= 11 is 0. The third kappa shape index (κ3) is 7.25. The van der Waals surface area contributed by atoms with Gasteiger partial charge in [0.2, 0.25) is 17.7 Å². The summed E-state index contributed by atoms with van der Waals surface area (Å²) in [5, 5.41) is 17.5. The van der Waals surface area contributed by atoms with Crippen LogP contribution in [0.4, 0.5) is 4.79 Å². The maximum Gasteiger partial charge on any atom is 0.404 e. The van der Waals surface area contributed by atoms with E-state index < -0.39 is 36.0 Å². The highest BCUT2D eigenvalue weighted by atomic mass is 16.5. The Morgan fingerprint density at radius 2 is 1.69 bits per heavy atom. The molecule has 0 radical (unpaired) electrons. The van der Waals surface area contributed by atoms with Crippen molar-refractivity contribution >= 4 is 51.4 Å². The minimum Gasteiger partial charge on any atom is -0.489 e. The average Bonchev–Trinajstić information content (AvgIpc) is 3.50. The molecule has 2 aliphatic heterocycles. The summed E-state index contributed by atoms with van der Waals surface area (Å²) in [6.07, 6.45) is -0.992. The van der Waals surface area contributed by atoms with Crippen LogP contribution in [0.15, 0.2) is 72.8 Å². The van der Waals surface area contributed by atoms with Gasteiger partial charge >= 0.3 is 6.09 Å². The Labute approximate surface area is 282 Å². The van der Waals surface area contributed by atoms with Crippen LogP contribution in [-0.4, -0.2) is 106 Å². The molecule has 3 aromatic carbocycles. The number of carbonyl (C=O) groups is 5. The summed E-state index contributed by atoms with van der Waals surface area (Å²) in [7, 11) is 3.02. The fourth-order valence-corrected chi connectivity index (χ4v) is 6.60. The summed E-state index contributed by atoms with van der Waals surface area (Å²) in [6, 6.07) is 20.3. The van der Waals surface area contributed by atoms with E-state index in [1.807, 2.05) is 48.5 Å². The van der Waals surface area contributed by atoms with Crippen molar-refractivity contribution in [1.29, 1.82) is 0 Å². The molecule has 6 rings (SSSR count). The Balaban J connectivity index is 1.30. The first-order chi connectivity index (χ1) is 23.6. The highest BCUT2D eigenvalue weighted by molar-refractivity contribution is 5.99. The molecule has 4 aromatic rings. The van der Waals surface area contributed by atoms with Crippen LogP contribution in [0.3, 0.4) is 0 Å². The van der Waals surface area contributed by atoms with Gasteiger partial charge in [0.15, 0.2) is 0 Å². The first-order valence-corrected chi connectivity index (χ1v) is 16.2. The summed E-state index contributed by atoms with van der Waals surface area (Å²) in [5.74, 6) is -1.30. The van der Waals surface area contributed by atoms with Crippen molar-refractivity contribution < 1.29 is 33.8 Å². The maximum absolute atomic E-state index is 13.9. The smallest absolute Gasteiger partial charge is 0.404 e. The Hall–Kier alpha value is -5.72. The number of fused-ring (bicyclic) bond motifs is 3. The molecular formula is C36H38N6O7. The Kier molecular flexibility index (Phi) is 9.61. The third-order valence-electron chi connectivity index (χ3n) is 9.25. The molecule has 0 spiro atoms. The Morgan fingerprint density at radius 1 is 0.939 bits per heavy atom. The second-order valence-corrected chi connectivity index (χ2v) is 12.5. The molecule has 0 unspecified atom stereocenters. The predicted molar refractivity (Wildman–Crippen MR) is 181 cm³/mol. The van der Waals surface area contributed by atoms with Gasteiger partial charge in [0.25, 0.3) is 5.91 Å². The molecule has 13 heteroatoms. The van der Waals surface area contributed by atoms with E-state index in [4.69, 9.17) is 4.74 Å². The zero-order valence-corrected chi connectivity index (χ0v) is 27.3. The number of nitrogens with zero attached hydrogens (tertiary/aromatic N) is 4. The van der Waals surface area contributed by atoms with Crippen LogP contribution in [-0.2, 0) is 20.9 Å². The lowest BCUT2D eigenvalue weighted by Crippen LogP contribution is -2.48. The van der Waals surface area contributed by atoms with Crippen LogP contribution in [0.1, 0.15) is 35.3 Å². The van der Waals surface area contributed by atoms with E-state index in [1.54, 1.807) is 24.3 Å². The van der Waals surface area contributed by atoms with Crippen molar-refractivity contribution in [2.24, 2.45) is 0 Å². The van der Waals surface area contributed by atoms with Crippen LogP contribution in [0.2, 0.25) is 0 Å². The van der Waals surface area contributed by atoms with Gasteiger partial charge in [0.1, 0.15) is 29.6 Å². The van der Waals surface area contributed by atoms with Crippen LogP contribution >= 0.6 is 0 Å². The average molecular weight is 667 g/mol. The van der Waals surface area contributed by atoms with Gasteiger partial charge in [-0.2, -0.15) is 0 Å². The number of aromatic nitrogens is 1. The lowest BCUT2D eigenvalue weighted by Gasteiger charge is -2.28. The van der Waals surface area contributed by atoms with Gasteiger partial charge in [-0.05, 0) is 41.3 Å². The fourth-order valence-electron chi connectivity index (χ4n) is 6.60. The van der Waals surface area contributed by atoms with E-state index >= 15 is 0 Å². The third-order valence-corrected chi connectivity index (χ3v) is 9.25. The van der Waals surface area contributed by atoms with Crippen molar-refractivity contribution in [3.63, 3.8) is 0 Å². The second-order valence-electron chi connectivity index (χ2n) is 12.5. The number of likely N-dealkylation sites (N-methyl/N-ethyl adjacent to an activating group) is 2. The first-order valence-electron chi connectivity index (χ1n) is 16.2. The van der Waals surface area contributed by atoms with Gasteiger partial charge in [0, 0.05) is 39.0 Å². The summed E-state index contributed by atoms with van der Waals surface area (Å²) < 4.78 is 6.19. The Morgan fingerprint density at radius 3 is 2.51 bits per heavy atom. The van der Waals surface area contributed by atoms with Crippen molar-refractivity contribution in [2.75, 3.05) is 33.8 Å². The fraction of sp³-hybridized carbons (Fsp3) is 0.333. The van der Waals surface area contributed by atoms with E-state index in [0.29, 0.717) is 17.7 Å². The van der Waals surface area contributed by atoms with Gasteiger partial charge in [0.05, 0.1) is 18.6 Å². The minimum atomic E-state index is -1.20. The van der Waals surface area contributed by atoms with Gasteiger partial charge in [-0.1, -0.05) is 60.7 Å². The molecule has 2 bridgehead atoms. The number of benzene rings is 3. The number of rotatable bonds is 4. The lowest BCUT2D eigenvalue weighted by molar-refractivity contribution is -0.140. The molecule has 5 amide bonds. The van der Waals surface area contributed by atoms with Crippen LogP contribution in [0.25, 0.3) is 21.7 Å². The highest BCUT2D eigenvalue weighted by Crippen LogP contribution is 2.27. The molecule has 13 nitrogen and oxygen atoms in total. The van der Waals surface area contributed by atoms with E-state index in [9.17, 15) is 29.1 Å². The molecule has 1 saturated heterocycles. The number of nitrogens with one attached hydrogen (secondary N) is 2. The monoisotopic (exact) mass is 666 g/mol. The van der Waals surface area contributed by atoms with Crippen molar-refractivity contribution in [3.05, 3.63) is 84.1 Å².